The van der Waals surface area contributed by atoms with E-state index in [2.05, 4.69) is 87.9 Å². The third kappa shape index (κ3) is 4.37. The van der Waals surface area contributed by atoms with Gasteiger partial charge in [-0.2, -0.15) is 5.10 Å². The number of anilines is 1. The van der Waals surface area contributed by atoms with E-state index in [0.717, 1.165) is 43.1 Å². The summed E-state index contributed by atoms with van der Waals surface area (Å²) in [5.74, 6) is 1.36. The van der Waals surface area contributed by atoms with Gasteiger partial charge >= 0.3 is 0 Å². The van der Waals surface area contributed by atoms with Crippen molar-refractivity contribution in [1.29, 1.82) is 0 Å². The maximum Gasteiger partial charge on any atom is 0.259 e. The Morgan fingerprint density at radius 1 is 0.895 bits per heavy atom. The molecule has 6 rings (SSSR count). The van der Waals surface area contributed by atoms with Crippen LogP contribution in [0.4, 0.5) is 5.69 Å². The van der Waals surface area contributed by atoms with Crippen LogP contribution in [0, 0.1) is 5.92 Å². The summed E-state index contributed by atoms with van der Waals surface area (Å²) in [6.45, 7) is 7.93. The number of piperidine rings is 1. The summed E-state index contributed by atoms with van der Waals surface area (Å²) in [6, 6.07) is 29.8. The van der Waals surface area contributed by atoms with Gasteiger partial charge in [0, 0.05) is 12.5 Å². The third-order valence-electron chi connectivity index (χ3n) is 8.61. The SMILES string of the molecule is CC1=NNC2(C)N(CCCN3CCC(C(c4ccccc4)c4ccccc4)CC3)C(=O)c3ccccc3N12. The number of hydrazone groups is 1. The largest absolute Gasteiger partial charge is 0.303 e. The second kappa shape index (κ2) is 10.3. The van der Waals surface area contributed by atoms with E-state index < -0.39 is 5.79 Å². The summed E-state index contributed by atoms with van der Waals surface area (Å²) in [7, 11) is 0. The maximum absolute atomic E-state index is 13.5. The molecule has 0 bridgehead atoms. The zero-order chi connectivity index (χ0) is 26.1. The molecule has 6 heteroatoms. The van der Waals surface area contributed by atoms with Gasteiger partial charge in [0.15, 0.2) is 0 Å². The van der Waals surface area contributed by atoms with Gasteiger partial charge in [-0.05, 0) is 81.9 Å². The quantitative estimate of drug-likeness (QED) is 0.459. The topological polar surface area (TPSA) is 51.2 Å². The number of para-hydroxylation sites is 1. The normalized spacial score (nSPS) is 21.8. The molecular weight excluding hydrogens is 470 g/mol. The lowest BCUT2D eigenvalue weighted by atomic mass is 9.76. The van der Waals surface area contributed by atoms with Crippen molar-refractivity contribution in [3.05, 3.63) is 102 Å². The third-order valence-corrected chi connectivity index (χ3v) is 8.61. The van der Waals surface area contributed by atoms with Crippen LogP contribution in [0.5, 0.6) is 0 Å². The Morgan fingerprint density at radius 2 is 1.50 bits per heavy atom. The van der Waals surface area contributed by atoms with Crippen molar-refractivity contribution < 1.29 is 4.79 Å². The molecule has 3 aliphatic heterocycles. The average molecular weight is 508 g/mol. The molecule has 0 aromatic heterocycles. The molecule has 0 aliphatic carbocycles. The van der Waals surface area contributed by atoms with E-state index in [-0.39, 0.29) is 5.91 Å². The Balaban J connectivity index is 1.09. The Morgan fingerprint density at radius 3 is 2.16 bits per heavy atom. The first-order valence-electron chi connectivity index (χ1n) is 13.9. The van der Waals surface area contributed by atoms with Gasteiger partial charge in [-0.3, -0.25) is 20.0 Å². The molecule has 1 atom stereocenters. The van der Waals surface area contributed by atoms with Crippen molar-refractivity contribution in [3.8, 4) is 0 Å². The van der Waals surface area contributed by atoms with Gasteiger partial charge in [0.05, 0.1) is 11.3 Å². The molecule has 38 heavy (non-hydrogen) atoms. The van der Waals surface area contributed by atoms with E-state index in [1.165, 1.54) is 24.0 Å². The summed E-state index contributed by atoms with van der Waals surface area (Å²) in [5, 5.41) is 4.50. The van der Waals surface area contributed by atoms with Crippen LogP contribution in [0.25, 0.3) is 0 Å². The highest BCUT2D eigenvalue weighted by atomic mass is 16.2. The van der Waals surface area contributed by atoms with Gasteiger partial charge in [0.25, 0.3) is 5.91 Å². The molecule has 0 spiro atoms. The molecule has 1 N–H and O–H groups in total. The predicted molar refractivity (Wildman–Crippen MR) is 153 cm³/mol. The number of fused-ring (bicyclic) bond motifs is 3. The lowest BCUT2D eigenvalue weighted by molar-refractivity contribution is 0.0414. The maximum atomic E-state index is 13.5. The first-order chi connectivity index (χ1) is 18.6. The van der Waals surface area contributed by atoms with Gasteiger partial charge in [-0.25, -0.2) is 0 Å². The summed E-state index contributed by atoms with van der Waals surface area (Å²) in [4.78, 5) is 20.2. The number of nitrogens with zero attached hydrogens (tertiary/aromatic N) is 4. The van der Waals surface area contributed by atoms with Gasteiger partial charge in [-0.1, -0.05) is 72.8 Å². The second-order valence-corrected chi connectivity index (χ2v) is 10.9. The van der Waals surface area contributed by atoms with Crippen molar-refractivity contribution in [2.45, 2.75) is 44.8 Å². The van der Waals surface area contributed by atoms with Crippen LogP contribution < -0.4 is 10.3 Å². The molecule has 196 valence electrons. The Kier molecular flexibility index (Phi) is 6.66. The van der Waals surface area contributed by atoms with Crippen molar-refractivity contribution in [3.63, 3.8) is 0 Å². The number of carbonyl (C=O) groups excluding carboxylic acids is 1. The molecule has 3 aliphatic rings. The summed E-state index contributed by atoms with van der Waals surface area (Å²) < 4.78 is 0. The molecule has 6 nitrogen and oxygen atoms in total. The van der Waals surface area contributed by atoms with Crippen LogP contribution in [0.15, 0.2) is 90.0 Å². The number of nitrogens with one attached hydrogen (secondary N) is 1. The molecule has 3 heterocycles. The van der Waals surface area contributed by atoms with Crippen LogP contribution in [-0.2, 0) is 0 Å². The monoisotopic (exact) mass is 507 g/mol. The zero-order valence-electron chi connectivity index (χ0n) is 22.4. The highest BCUT2D eigenvalue weighted by molar-refractivity contribution is 6.10. The van der Waals surface area contributed by atoms with Crippen LogP contribution in [-0.4, -0.2) is 53.5 Å². The summed E-state index contributed by atoms with van der Waals surface area (Å²) in [5.41, 5.74) is 7.76. The fourth-order valence-electron chi connectivity index (χ4n) is 6.72. The van der Waals surface area contributed by atoms with E-state index in [0.29, 0.717) is 18.4 Å². The number of carbonyl (C=O) groups is 1. The molecule has 1 amide bonds. The Bertz CT molecular complexity index is 1260. The summed E-state index contributed by atoms with van der Waals surface area (Å²) >= 11 is 0. The van der Waals surface area contributed by atoms with Crippen LogP contribution in [0.3, 0.4) is 0 Å². The Hall–Kier alpha value is -3.64. The van der Waals surface area contributed by atoms with Gasteiger partial charge in [0.2, 0.25) is 5.79 Å². The molecule has 3 aromatic rings. The average Bonchev–Trinajstić information content (AvgIpc) is 3.27. The van der Waals surface area contributed by atoms with Gasteiger partial charge in [-0.15, -0.1) is 0 Å². The molecule has 0 radical (unpaired) electrons. The number of benzene rings is 3. The fourth-order valence-corrected chi connectivity index (χ4v) is 6.72. The van der Waals surface area contributed by atoms with Crippen molar-refractivity contribution in [1.82, 2.24) is 15.2 Å². The highest BCUT2D eigenvalue weighted by Crippen LogP contribution is 2.39. The van der Waals surface area contributed by atoms with Crippen molar-refractivity contribution in [2.24, 2.45) is 11.0 Å². The van der Waals surface area contributed by atoms with Crippen molar-refractivity contribution in [2.75, 3.05) is 31.1 Å². The molecule has 0 saturated carbocycles. The first kappa shape index (κ1) is 24.7. The standard InChI is InChI=1S/C32H37N5O/c1-24-33-34-32(2)36(31(38)28-16-9-10-17-29(28)37(24)32)21-11-20-35-22-18-27(19-23-35)30(25-12-5-3-6-13-25)26-14-7-4-8-15-26/h3-10,12-17,27,30,34H,11,18-23H2,1-2H3. The Labute approximate surface area is 225 Å². The minimum absolute atomic E-state index is 0.0732. The van der Waals surface area contributed by atoms with E-state index in [1.54, 1.807) is 0 Å². The van der Waals surface area contributed by atoms with Crippen molar-refractivity contribution >= 4 is 17.4 Å². The van der Waals surface area contributed by atoms with E-state index in [9.17, 15) is 4.79 Å². The zero-order valence-corrected chi connectivity index (χ0v) is 22.4. The number of hydrogen-bond donors (Lipinski definition) is 1. The minimum atomic E-state index is -0.666. The lowest BCUT2D eigenvalue weighted by Gasteiger charge is -2.48. The highest BCUT2D eigenvalue weighted by Gasteiger charge is 2.50. The smallest absolute Gasteiger partial charge is 0.259 e. The van der Waals surface area contributed by atoms with E-state index in [4.69, 9.17) is 0 Å². The number of likely N-dealkylation sites (tertiary alicyclic amines) is 1. The molecule has 1 unspecified atom stereocenters. The van der Waals surface area contributed by atoms with Crippen LogP contribution in [0.2, 0.25) is 0 Å². The number of amides is 1. The van der Waals surface area contributed by atoms with E-state index in [1.807, 2.05) is 36.1 Å². The number of hydrogen-bond acceptors (Lipinski definition) is 5. The van der Waals surface area contributed by atoms with Gasteiger partial charge < -0.3 is 4.90 Å². The molecular formula is C32H37N5O. The summed E-state index contributed by atoms with van der Waals surface area (Å²) in [6.07, 6.45) is 3.30. The van der Waals surface area contributed by atoms with Crippen LogP contribution >= 0.6 is 0 Å². The first-order valence-corrected chi connectivity index (χ1v) is 13.9. The number of amidine groups is 1. The second-order valence-electron chi connectivity index (χ2n) is 10.9. The predicted octanol–water partition coefficient (Wildman–Crippen LogP) is 5.49. The molecule has 1 fully saturated rings. The minimum Gasteiger partial charge on any atom is -0.303 e. The fraction of sp³-hybridized carbons (Fsp3) is 0.375. The molecule has 1 saturated heterocycles. The van der Waals surface area contributed by atoms with Crippen LogP contribution in [0.1, 0.15) is 60.5 Å². The lowest BCUT2D eigenvalue weighted by Crippen LogP contribution is -2.68. The van der Waals surface area contributed by atoms with E-state index >= 15 is 0 Å². The number of rotatable bonds is 7. The molecule has 3 aromatic carbocycles. The van der Waals surface area contributed by atoms with Gasteiger partial charge in [0.1, 0.15) is 5.84 Å².